The third-order valence-electron chi connectivity index (χ3n) is 6.53. The van der Waals surface area contributed by atoms with E-state index in [2.05, 4.69) is 21.3 Å². The number of amides is 7. The molecule has 1 aliphatic heterocycles. The molecular formula is C30H42N6O8. The Morgan fingerprint density at radius 2 is 1.55 bits per heavy atom. The minimum Gasteiger partial charge on any atom is -0.460 e. The molecule has 0 fully saturated rings. The molecular weight excluding hydrogens is 572 g/mol. The van der Waals surface area contributed by atoms with Crippen molar-refractivity contribution in [3.63, 3.8) is 0 Å². The molecule has 240 valence electrons. The summed E-state index contributed by atoms with van der Waals surface area (Å²) < 4.78 is 5.31. The highest BCUT2D eigenvalue weighted by Gasteiger charge is 2.30. The molecule has 14 nitrogen and oxygen atoms in total. The average Bonchev–Trinajstić information content (AvgIpc) is 3.26. The monoisotopic (exact) mass is 614 g/mol. The molecule has 1 aliphatic rings. The molecule has 2 rings (SSSR count). The third kappa shape index (κ3) is 11.5. The van der Waals surface area contributed by atoms with Gasteiger partial charge < -0.3 is 31.7 Å². The van der Waals surface area contributed by atoms with Crippen molar-refractivity contribution in [1.82, 2.24) is 20.9 Å². The zero-order valence-corrected chi connectivity index (χ0v) is 25.7. The third-order valence-corrected chi connectivity index (χ3v) is 6.53. The first-order valence-electron chi connectivity index (χ1n) is 14.3. The summed E-state index contributed by atoms with van der Waals surface area (Å²) in [6.45, 7) is 8.80. The predicted octanol–water partition coefficient (Wildman–Crippen LogP) is 1.10. The Labute approximate surface area is 256 Å². The number of rotatable bonds is 15. The Balaban J connectivity index is 2.04. The van der Waals surface area contributed by atoms with Crippen LogP contribution >= 0.6 is 0 Å². The lowest BCUT2D eigenvalue weighted by Gasteiger charge is -2.25. The van der Waals surface area contributed by atoms with Gasteiger partial charge in [0.05, 0.1) is 5.41 Å². The van der Waals surface area contributed by atoms with E-state index in [9.17, 15) is 33.6 Å². The van der Waals surface area contributed by atoms with E-state index in [0.29, 0.717) is 17.7 Å². The second-order valence-corrected chi connectivity index (χ2v) is 11.7. The zero-order chi connectivity index (χ0) is 33.0. The number of anilines is 1. The summed E-state index contributed by atoms with van der Waals surface area (Å²) >= 11 is 0. The summed E-state index contributed by atoms with van der Waals surface area (Å²) in [6, 6.07) is 3.88. The molecule has 0 radical (unpaired) electrons. The van der Waals surface area contributed by atoms with Gasteiger partial charge in [-0.15, -0.1) is 0 Å². The molecule has 2 atom stereocenters. The van der Waals surface area contributed by atoms with Crippen LogP contribution in [0.5, 0.6) is 0 Å². The number of hydrogen-bond donors (Lipinski definition) is 5. The second kappa shape index (κ2) is 16.2. The van der Waals surface area contributed by atoms with Crippen LogP contribution < -0.4 is 27.0 Å². The summed E-state index contributed by atoms with van der Waals surface area (Å²) in [5.74, 6) is -3.43. The van der Waals surface area contributed by atoms with Gasteiger partial charge in [0, 0.05) is 37.3 Å². The van der Waals surface area contributed by atoms with Crippen LogP contribution in [0.4, 0.5) is 10.5 Å². The van der Waals surface area contributed by atoms with Crippen molar-refractivity contribution >= 4 is 47.2 Å². The molecule has 0 unspecified atom stereocenters. The molecule has 44 heavy (non-hydrogen) atoms. The standard InChI is InChI=1S/C30H42N6O8/c1-18(2)25(35-22(37)14-16-36-23(38)12-13-24(36)39)27(41)34-21(7-6-15-32-29(31)43)26(40)33-20-10-8-19(9-11-20)17-44-28(42)30(3,4)5/h8-13,18,21,25H,6-7,14-17H2,1-5H3,(H,33,40)(H,34,41)(H,35,37)(H3,31,32,43)/t21-,25-/m0/s1. The van der Waals surface area contributed by atoms with E-state index in [1.807, 2.05) is 0 Å². The maximum absolute atomic E-state index is 13.3. The van der Waals surface area contributed by atoms with Gasteiger partial charge in [0.1, 0.15) is 18.7 Å². The normalized spacial score (nSPS) is 14.2. The van der Waals surface area contributed by atoms with Crippen molar-refractivity contribution in [3.05, 3.63) is 42.0 Å². The van der Waals surface area contributed by atoms with E-state index < -0.39 is 53.1 Å². The van der Waals surface area contributed by atoms with Crippen LogP contribution in [0.2, 0.25) is 0 Å². The summed E-state index contributed by atoms with van der Waals surface area (Å²) in [6.07, 6.45) is 2.49. The number of primary amides is 1. The van der Waals surface area contributed by atoms with E-state index >= 15 is 0 Å². The topological polar surface area (TPSA) is 206 Å². The highest BCUT2D eigenvalue weighted by atomic mass is 16.5. The summed E-state index contributed by atoms with van der Waals surface area (Å²) in [7, 11) is 0. The van der Waals surface area contributed by atoms with E-state index in [1.165, 1.54) is 0 Å². The highest BCUT2D eigenvalue weighted by Crippen LogP contribution is 2.18. The van der Waals surface area contributed by atoms with Gasteiger partial charge in [0.15, 0.2) is 0 Å². The number of nitrogens with zero attached hydrogens (tertiary/aromatic N) is 1. The molecule has 1 aromatic rings. The minimum absolute atomic E-state index is 0.0692. The number of nitrogens with one attached hydrogen (secondary N) is 4. The van der Waals surface area contributed by atoms with E-state index in [0.717, 1.165) is 17.1 Å². The summed E-state index contributed by atoms with van der Waals surface area (Å²) in [5, 5.41) is 10.5. The molecule has 6 N–H and O–H groups in total. The van der Waals surface area contributed by atoms with Crippen molar-refractivity contribution in [2.75, 3.05) is 18.4 Å². The molecule has 0 aromatic heterocycles. The number of nitrogens with two attached hydrogens (primary N) is 1. The van der Waals surface area contributed by atoms with Crippen molar-refractivity contribution in [2.24, 2.45) is 17.1 Å². The Bertz CT molecular complexity index is 1250. The molecule has 0 bridgehead atoms. The smallest absolute Gasteiger partial charge is 0.312 e. The molecule has 14 heteroatoms. The van der Waals surface area contributed by atoms with E-state index in [-0.39, 0.29) is 44.4 Å². The van der Waals surface area contributed by atoms with Crippen LogP contribution in [0.25, 0.3) is 0 Å². The lowest BCUT2D eigenvalue weighted by molar-refractivity contribution is -0.154. The number of urea groups is 1. The Morgan fingerprint density at radius 3 is 2.09 bits per heavy atom. The largest absolute Gasteiger partial charge is 0.460 e. The molecule has 0 saturated carbocycles. The number of carbonyl (C=O) groups excluding carboxylic acids is 7. The number of benzene rings is 1. The minimum atomic E-state index is -1.03. The Morgan fingerprint density at radius 1 is 0.932 bits per heavy atom. The van der Waals surface area contributed by atoms with Gasteiger partial charge in [-0.1, -0.05) is 26.0 Å². The van der Waals surface area contributed by atoms with Crippen LogP contribution in [-0.4, -0.2) is 71.6 Å². The molecule has 1 aromatic carbocycles. The predicted molar refractivity (Wildman–Crippen MR) is 160 cm³/mol. The van der Waals surface area contributed by atoms with Gasteiger partial charge >= 0.3 is 12.0 Å². The lowest BCUT2D eigenvalue weighted by Crippen LogP contribution is -2.54. The van der Waals surface area contributed by atoms with Crippen LogP contribution in [0.15, 0.2) is 36.4 Å². The van der Waals surface area contributed by atoms with Gasteiger partial charge in [-0.3, -0.25) is 33.7 Å². The first kappa shape index (κ1) is 35.4. The van der Waals surface area contributed by atoms with Gasteiger partial charge in [0.2, 0.25) is 17.7 Å². The maximum Gasteiger partial charge on any atom is 0.312 e. The fourth-order valence-electron chi connectivity index (χ4n) is 3.97. The first-order chi connectivity index (χ1) is 20.6. The van der Waals surface area contributed by atoms with E-state index in [1.54, 1.807) is 58.9 Å². The first-order valence-corrected chi connectivity index (χ1v) is 14.3. The summed E-state index contributed by atoms with van der Waals surface area (Å²) in [5.41, 5.74) is 5.63. The molecule has 7 amide bonds. The van der Waals surface area contributed by atoms with Crippen molar-refractivity contribution in [1.29, 1.82) is 0 Å². The van der Waals surface area contributed by atoms with E-state index in [4.69, 9.17) is 10.5 Å². The number of ether oxygens (including phenoxy) is 1. The number of carbonyl (C=O) groups is 7. The molecule has 0 saturated heterocycles. The number of imide groups is 1. The SMILES string of the molecule is CC(C)[C@H](NC(=O)CCN1C(=O)C=CC1=O)C(=O)N[C@@H](CCCNC(N)=O)C(=O)Nc1ccc(COC(=O)C(C)(C)C)cc1. The average molecular weight is 615 g/mol. The Hall–Kier alpha value is -4.75. The van der Waals surface area contributed by atoms with Crippen molar-refractivity contribution in [3.8, 4) is 0 Å². The lowest BCUT2D eigenvalue weighted by atomic mass is 9.97. The van der Waals surface area contributed by atoms with Gasteiger partial charge in [-0.05, 0) is 57.2 Å². The number of esters is 1. The van der Waals surface area contributed by atoms with Gasteiger partial charge in [-0.2, -0.15) is 0 Å². The van der Waals surface area contributed by atoms with Crippen LogP contribution in [-0.2, 0) is 40.1 Å². The van der Waals surface area contributed by atoms with Gasteiger partial charge in [0.25, 0.3) is 11.8 Å². The van der Waals surface area contributed by atoms with Crippen LogP contribution in [0.1, 0.15) is 59.4 Å². The quantitative estimate of drug-likeness (QED) is 0.110. The molecule has 0 spiro atoms. The zero-order valence-electron chi connectivity index (χ0n) is 25.7. The van der Waals surface area contributed by atoms with Crippen LogP contribution in [0, 0.1) is 11.3 Å². The molecule has 0 aliphatic carbocycles. The maximum atomic E-state index is 13.3. The fourth-order valence-corrected chi connectivity index (χ4v) is 3.97. The molecule has 1 heterocycles. The van der Waals surface area contributed by atoms with Crippen molar-refractivity contribution < 1.29 is 38.3 Å². The summed E-state index contributed by atoms with van der Waals surface area (Å²) in [4.78, 5) is 86.6. The van der Waals surface area contributed by atoms with Crippen LogP contribution in [0.3, 0.4) is 0 Å². The van der Waals surface area contributed by atoms with Crippen molar-refractivity contribution in [2.45, 2.75) is 72.6 Å². The fraction of sp³-hybridized carbons (Fsp3) is 0.500. The number of hydrogen-bond acceptors (Lipinski definition) is 8. The van der Waals surface area contributed by atoms with Gasteiger partial charge in [-0.25, -0.2) is 4.79 Å². The highest BCUT2D eigenvalue weighted by molar-refractivity contribution is 6.13. The Kier molecular flexibility index (Phi) is 13.0. The second-order valence-electron chi connectivity index (χ2n) is 11.7.